The van der Waals surface area contributed by atoms with Crippen molar-refractivity contribution >= 4 is 5.97 Å². The van der Waals surface area contributed by atoms with E-state index in [1.165, 1.54) is 35.1 Å². The summed E-state index contributed by atoms with van der Waals surface area (Å²) < 4.78 is 12.1. The van der Waals surface area contributed by atoms with Crippen LogP contribution in [0.25, 0.3) is 11.1 Å². The molecule has 0 bridgehead atoms. The number of nitrogens with zero attached hydrogens (tertiary/aromatic N) is 2. The standard InChI is InChI=1S/C35H42N2O4/c1-22(34(38)39)33(24-7-8-24)27-9-6-23-11-13-30(41-31(23)19-27)26-10-12-29(25-14-16-36-32(20-25)40-4)28(18-26)21-37-17-5-15-35(37,2)3/h6,9-10,12,14,16,18-20,22,24,30,33H,5,7-8,11,13,15,17,21H2,1-4H3,(H,38,39)/t22-,30?,33-/m0/s1. The second-order valence-corrected chi connectivity index (χ2v) is 12.8. The van der Waals surface area contributed by atoms with Crippen LogP contribution in [0.15, 0.2) is 54.7 Å². The number of pyridine rings is 1. The third kappa shape index (κ3) is 5.72. The summed E-state index contributed by atoms with van der Waals surface area (Å²) in [5.74, 6) is 0.885. The SMILES string of the molecule is COc1cc(-c2ccc(C3CCc4ccc([C@H](C5CC5)[C@H](C)C(=O)O)cc4O3)cc2CN2CCCC2(C)C)ccn1. The van der Waals surface area contributed by atoms with E-state index in [9.17, 15) is 9.90 Å². The molecule has 1 saturated heterocycles. The zero-order valence-corrected chi connectivity index (χ0v) is 24.7. The Morgan fingerprint density at radius 1 is 1.15 bits per heavy atom. The molecular formula is C35H42N2O4. The maximum atomic E-state index is 11.9. The minimum absolute atomic E-state index is 0.0360. The molecular weight excluding hydrogens is 512 g/mol. The van der Waals surface area contributed by atoms with E-state index < -0.39 is 11.9 Å². The van der Waals surface area contributed by atoms with E-state index >= 15 is 0 Å². The van der Waals surface area contributed by atoms with Gasteiger partial charge in [0.2, 0.25) is 5.88 Å². The largest absolute Gasteiger partial charge is 0.485 e. The zero-order chi connectivity index (χ0) is 28.7. The fourth-order valence-corrected chi connectivity index (χ4v) is 6.98. The number of fused-ring (bicyclic) bond motifs is 1. The lowest BCUT2D eigenvalue weighted by atomic mass is 9.82. The number of likely N-dealkylation sites (tertiary alicyclic amines) is 1. The number of hydrogen-bond donors (Lipinski definition) is 1. The van der Waals surface area contributed by atoms with Crippen LogP contribution in [0.1, 0.15) is 87.2 Å². The van der Waals surface area contributed by atoms with Gasteiger partial charge >= 0.3 is 5.97 Å². The Hall–Kier alpha value is -3.38. The summed E-state index contributed by atoms with van der Waals surface area (Å²) in [7, 11) is 1.65. The van der Waals surface area contributed by atoms with Crippen molar-refractivity contribution in [2.24, 2.45) is 11.8 Å². The Kier molecular flexibility index (Phi) is 7.54. The highest BCUT2D eigenvalue weighted by atomic mass is 16.5. The molecule has 41 heavy (non-hydrogen) atoms. The molecule has 216 valence electrons. The Labute approximate surface area is 243 Å². The van der Waals surface area contributed by atoms with Gasteiger partial charge in [-0.2, -0.15) is 0 Å². The Balaban J connectivity index is 1.31. The minimum atomic E-state index is -0.723. The maximum Gasteiger partial charge on any atom is 0.306 e. The van der Waals surface area contributed by atoms with Crippen LogP contribution < -0.4 is 9.47 Å². The summed E-state index contributed by atoms with van der Waals surface area (Å²) in [6, 6.07) is 17.3. The molecule has 2 aromatic carbocycles. The highest BCUT2D eigenvalue weighted by molar-refractivity contribution is 5.71. The van der Waals surface area contributed by atoms with Gasteiger partial charge in [-0.15, -0.1) is 0 Å². The van der Waals surface area contributed by atoms with Crippen LogP contribution >= 0.6 is 0 Å². The fourth-order valence-electron chi connectivity index (χ4n) is 6.98. The molecule has 6 nitrogen and oxygen atoms in total. The third-order valence-corrected chi connectivity index (χ3v) is 9.67. The highest BCUT2D eigenvalue weighted by Gasteiger charge is 2.39. The van der Waals surface area contributed by atoms with E-state index in [2.05, 4.69) is 66.2 Å². The molecule has 3 aromatic rings. The fraction of sp³-hybridized carbons (Fsp3) is 0.486. The number of carboxylic acid groups (broad SMARTS) is 1. The van der Waals surface area contributed by atoms with E-state index in [4.69, 9.17) is 9.47 Å². The summed E-state index contributed by atoms with van der Waals surface area (Å²) in [5.41, 5.74) is 7.26. The van der Waals surface area contributed by atoms with E-state index in [0.717, 1.165) is 55.6 Å². The number of methoxy groups -OCH3 is 1. The predicted molar refractivity (Wildman–Crippen MR) is 160 cm³/mol. The summed E-state index contributed by atoms with van der Waals surface area (Å²) in [4.78, 5) is 18.8. The maximum absolute atomic E-state index is 11.9. The van der Waals surface area contributed by atoms with Crippen molar-refractivity contribution in [1.82, 2.24) is 9.88 Å². The van der Waals surface area contributed by atoms with Crippen LogP contribution in [0.4, 0.5) is 0 Å². The molecule has 6 rings (SSSR count). The molecule has 1 N–H and O–H groups in total. The molecule has 1 aliphatic carbocycles. The molecule has 0 radical (unpaired) electrons. The van der Waals surface area contributed by atoms with Crippen molar-refractivity contribution in [1.29, 1.82) is 0 Å². The van der Waals surface area contributed by atoms with Gasteiger partial charge in [0.25, 0.3) is 0 Å². The highest BCUT2D eigenvalue weighted by Crippen LogP contribution is 2.48. The normalized spacial score (nSPS) is 21.5. The monoisotopic (exact) mass is 554 g/mol. The van der Waals surface area contributed by atoms with Crippen LogP contribution in [0.5, 0.6) is 11.6 Å². The molecule has 1 saturated carbocycles. The quantitative estimate of drug-likeness (QED) is 0.297. The van der Waals surface area contributed by atoms with Crippen molar-refractivity contribution in [2.75, 3.05) is 13.7 Å². The minimum Gasteiger partial charge on any atom is -0.485 e. The van der Waals surface area contributed by atoms with Gasteiger partial charge in [0.1, 0.15) is 11.9 Å². The lowest BCUT2D eigenvalue weighted by molar-refractivity contribution is -0.142. The number of benzene rings is 2. The number of ether oxygens (including phenoxy) is 2. The molecule has 2 aliphatic heterocycles. The molecule has 6 heteroatoms. The molecule has 3 heterocycles. The number of aryl methyl sites for hydroxylation is 1. The van der Waals surface area contributed by atoms with Crippen LogP contribution in [-0.2, 0) is 17.8 Å². The number of carboxylic acids is 1. The second-order valence-electron chi connectivity index (χ2n) is 12.8. The number of hydrogen-bond acceptors (Lipinski definition) is 5. The first-order valence-electron chi connectivity index (χ1n) is 15.1. The smallest absolute Gasteiger partial charge is 0.306 e. The summed E-state index contributed by atoms with van der Waals surface area (Å²) in [6.45, 7) is 8.51. The zero-order valence-electron chi connectivity index (χ0n) is 24.7. The molecule has 1 aromatic heterocycles. The van der Waals surface area contributed by atoms with Crippen molar-refractivity contribution < 1.29 is 19.4 Å². The number of aromatic nitrogens is 1. The Morgan fingerprint density at radius 3 is 2.68 bits per heavy atom. The Morgan fingerprint density at radius 2 is 1.98 bits per heavy atom. The van der Waals surface area contributed by atoms with Crippen LogP contribution in [0.2, 0.25) is 0 Å². The third-order valence-electron chi connectivity index (χ3n) is 9.67. The molecule has 0 amide bonds. The molecule has 2 fully saturated rings. The van der Waals surface area contributed by atoms with Gasteiger partial charge in [0.05, 0.1) is 13.0 Å². The van der Waals surface area contributed by atoms with Gasteiger partial charge in [-0.05, 0) is 116 Å². The number of aliphatic carboxylic acids is 1. The van der Waals surface area contributed by atoms with Crippen molar-refractivity contribution in [3.8, 4) is 22.8 Å². The van der Waals surface area contributed by atoms with Crippen molar-refractivity contribution in [3.63, 3.8) is 0 Å². The second kappa shape index (κ2) is 11.1. The molecule has 1 unspecified atom stereocenters. The van der Waals surface area contributed by atoms with Gasteiger partial charge in [-0.25, -0.2) is 4.98 Å². The van der Waals surface area contributed by atoms with Gasteiger partial charge < -0.3 is 14.6 Å². The summed E-state index contributed by atoms with van der Waals surface area (Å²) in [5, 5.41) is 9.77. The number of carbonyl (C=O) groups is 1. The van der Waals surface area contributed by atoms with Crippen LogP contribution in [0.3, 0.4) is 0 Å². The summed E-state index contributed by atoms with van der Waals surface area (Å²) >= 11 is 0. The van der Waals surface area contributed by atoms with Gasteiger partial charge in [0.15, 0.2) is 0 Å². The predicted octanol–water partition coefficient (Wildman–Crippen LogP) is 7.41. The van der Waals surface area contributed by atoms with Crippen LogP contribution in [0, 0.1) is 11.8 Å². The van der Waals surface area contributed by atoms with Crippen molar-refractivity contribution in [3.05, 3.63) is 77.0 Å². The average Bonchev–Trinajstić information content (AvgIpc) is 3.75. The average molecular weight is 555 g/mol. The van der Waals surface area contributed by atoms with E-state index in [-0.39, 0.29) is 17.6 Å². The first kappa shape index (κ1) is 27.8. The van der Waals surface area contributed by atoms with E-state index in [1.54, 1.807) is 7.11 Å². The lowest BCUT2D eigenvalue weighted by Crippen LogP contribution is -2.37. The molecule has 3 atom stereocenters. The molecule has 3 aliphatic rings. The number of rotatable bonds is 9. The van der Waals surface area contributed by atoms with Crippen molar-refractivity contribution in [2.45, 2.75) is 83.4 Å². The summed E-state index contributed by atoms with van der Waals surface area (Å²) in [6.07, 6.45) is 8.27. The topological polar surface area (TPSA) is 71.9 Å². The Bertz CT molecular complexity index is 1430. The van der Waals surface area contributed by atoms with Crippen LogP contribution in [-0.4, -0.2) is 40.2 Å². The lowest BCUT2D eigenvalue weighted by Gasteiger charge is -2.33. The van der Waals surface area contributed by atoms with E-state index in [1.807, 2.05) is 19.2 Å². The van der Waals surface area contributed by atoms with Gasteiger partial charge in [0, 0.05) is 24.3 Å². The molecule has 0 spiro atoms. The first-order valence-corrected chi connectivity index (χ1v) is 15.1. The first-order chi connectivity index (χ1) is 19.7. The van der Waals surface area contributed by atoms with E-state index in [0.29, 0.717) is 11.8 Å². The van der Waals surface area contributed by atoms with Gasteiger partial charge in [-0.1, -0.05) is 37.3 Å². The van der Waals surface area contributed by atoms with Gasteiger partial charge in [-0.3, -0.25) is 9.69 Å².